The van der Waals surface area contributed by atoms with Crippen molar-refractivity contribution in [2.75, 3.05) is 18.0 Å². The van der Waals surface area contributed by atoms with Crippen molar-refractivity contribution in [2.24, 2.45) is 0 Å². The number of fused-ring (bicyclic) bond motifs is 2. The number of nitrogens with zero attached hydrogens (tertiary/aromatic N) is 4. The molecule has 3 N–H and O–H groups in total. The van der Waals surface area contributed by atoms with Crippen molar-refractivity contribution in [3.05, 3.63) is 120 Å². The minimum atomic E-state index is -4.06. The Kier molecular flexibility index (Phi) is 8.74. The maximum Gasteiger partial charge on any atom is 0.404 e. The van der Waals surface area contributed by atoms with Gasteiger partial charge in [0.15, 0.2) is 5.65 Å². The zero-order valence-electron chi connectivity index (χ0n) is 26.8. The van der Waals surface area contributed by atoms with E-state index in [1.807, 2.05) is 54.3 Å². The van der Waals surface area contributed by atoms with E-state index >= 15 is 4.39 Å². The Morgan fingerprint density at radius 2 is 1.76 bits per heavy atom. The van der Waals surface area contributed by atoms with Gasteiger partial charge in [0.25, 0.3) is 10.0 Å². The highest BCUT2D eigenvalue weighted by atomic mass is 32.2. The zero-order valence-corrected chi connectivity index (χ0v) is 27.6. The third-order valence-electron chi connectivity index (χ3n) is 8.92. The highest BCUT2D eigenvalue weighted by molar-refractivity contribution is 7.90. The van der Waals surface area contributed by atoms with Gasteiger partial charge < -0.3 is 20.6 Å². The predicted octanol–water partition coefficient (Wildman–Crippen LogP) is 6.46. The zero-order chi connectivity index (χ0) is 34.1. The summed E-state index contributed by atoms with van der Waals surface area (Å²) in [7, 11) is -4.06. The molecule has 3 aromatic heterocycles. The van der Waals surface area contributed by atoms with Crippen LogP contribution in [0.15, 0.2) is 102 Å². The fourth-order valence-electron chi connectivity index (χ4n) is 6.52. The van der Waals surface area contributed by atoms with E-state index in [0.717, 1.165) is 28.8 Å². The number of anilines is 1. The number of halogens is 1. The van der Waals surface area contributed by atoms with Gasteiger partial charge in [-0.25, -0.2) is 26.6 Å². The Morgan fingerprint density at radius 1 is 0.980 bits per heavy atom. The molecule has 0 unspecified atom stereocenters. The molecule has 250 valence electrons. The molecule has 0 bridgehead atoms. The Bertz CT molecular complexity index is 2280. The smallest absolute Gasteiger partial charge is 0.404 e. The van der Waals surface area contributed by atoms with Crippen molar-refractivity contribution >= 4 is 43.7 Å². The van der Waals surface area contributed by atoms with E-state index in [1.165, 1.54) is 16.2 Å². The van der Waals surface area contributed by atoms with E-state index < -0.39 is 21.9 Å². The lowest BCUT2D eigenvalue weighted by atomic mass is 10.00. The maximum atomic E-state index is 16.0. The monoisotopic (exact) mass is 678 g/mol. The molecule has 3 aromatic carbocycles. The first-order valence-corrected chi connectivity index (χ1v) is 17.5. The van der Waals surface area contributed by atoms with Crippen molar-refractivity contribution in [1.29, 1.82) is 0 Å². The lowest BCUT2D eigenvalue weighted by molar-refractivity contribution is 0.188. The second-order valence-corrected chi connectivity index (χ2v) is 14.2. The number of aryl methyl sites for hydroxylation is 1. The number of pyridine rings is 2. The average molecular weight is 679 g/mol. The third-order valence-corrected chi connectivity index (χ3v) is 10.6. The van der Waals surface area contributed by atoms with Gasteiger partial charge in [-0.2, -0.15) is 0 Å². The van der Waals surface area contributed by atoms with Crippen molar-refractivity contribution in [3.63, 3.8) is 0 Å². The molecule has 4 heterocycles. The van der Waals surface area contributed by atoms with Gasteiger partial charge in [-0.05, 0) is 72.9 Å². The minimum Gasteiger partial charge on any atom is -0.465 e. The lowest BCUT2D eigenvalue weighted by Gasteiger charge is -2.34. The number of carboxylic acid groups (broad SMARTS) is 1. The van der Waals surface area contributed by atoms with Gasteiger partial charge in [0.05, 0.1) is 4.90 Å². The summed E-state index contributed by atoms with van der Waals surface area (Å²) < 4.78 is 45.2. The van der Waals surface area contributed by atoms with Crippen LogP contribution in [0.25, 0.3) is 33.1 Å². The van der Waals surface area contributed by atoms with Crippen LogP contribution in [0.5, 0.6) is 0 Å². The molecule has 10 nitrogen and oxygen atoms in total. The molecule has 0 aliphatic carbocycles. The van der Waals surface area contributed by atoms with Crippen molar-refractivity contribution in [2.45, 2.75) is 43.8 Å². The van der Waals surface area contributed by atoms with E-state index in [-0.39, 0.29) is 22.1 Å². The van der Waals surface area contributed by atoms with Crippen molar-refractivity contribution in [3.8, 4) is 11.1 Å². The largest absolute Gasteiger partial charge is 0.465 e. The molecule has 0 saturated carbocycles. The van der Waals surface area contributed by atoms with Crippen LogP contribution in [0.4, 0.5) is 14.9 Å². The molecule has 1 aliphatic rings. The molecule has 12 heteroatoms. The van der Waals surface area contributed by atoms with Crippen LogP contribution >= 0.6 is 0 Å². The van der Waals surface area contributed by atoms with Gasteiger partial charge in [-0.3, -0.25) is 4.98 Å². The highest BCUT2D eigenvalue weighted by Crippen LogP contribution is 2.37. The first-order chi connectivity index (χ1) is 23.7. The summed E-state index contributed by atoms with van der Waals surface area (Å²) in [5.74, 6) is -0.553. The number of benzene rings is 3. The standard InChI is InChI=1S/C37H35FN6O4S/c1-24-9-11-29(12-10-24)49(47,48)44-23-32(30-16-26(21-41-36(30)44)20-39-19-25-6-3-2-4-7-25)27-17-31-34(13-14-40-35(31)33(38)18-27)43-15-5-8-28(22-43)42-37(45)46/h2-4,6-7,9-14,16-18,21,23,28,39,42H,5,8,15,19-20,22H2,1H3,(H,45,46)/t28-/m1/s1. The Balaban J connectivity index is 1.34. The molecule has 6 aromatic rings. The maximum absolute atomic E-state index is 16.0. The summed E-state index contributed by atoms with van der Waals surface area (Å²) in [5, 5.41) is 16.4. The van der Waals surface area contributed by atoms with E-state index in [0.29, 0.717) is 54.5 Å². The van der Waals surface area contributed by atoms with E-state index in [4.69, 9.17) is 0 Å². The quantitative estimate of drug-likeness (QED) is 0.159. The second-order valence-electron chi connectivity index (χ2n) is 12.4. The van der Waals surface area contributed by atoms with Crippen LogP contribution < -0.4 is 15.5 Å². The Morgan fingerprint density at radius 3 is 2.53 bits per heavy atom. The number of piperidine rings is 1. The summed E-state index contributed by atoms with van der Waals surface area (Å²) in [4.78, 5) is 22.5. The summed E-state index contributed by atoms with van der Waals surface area (Å²) in [6.07, 6.45) is 5.10. The molecule has 0 spiro atoms. The summed E-state index contributed by atoms with van der Waals surface area (Å²) in [6, 6.07) is 23.2. The SMILES string of the molecule is Cc1ccc(S(=O)(=O)n2cc(-c3cc(F)c4nccc(N5CCC[C@@H](NC(=O)O)C5)c4c3)c3cc(CNCc4ccccc4)cnc32)cc1. The molecule has 1 aliphatic heterocycles. The van der Waals surface area contributed by atoms with Crippen LogP contribution in [0.2, 0.25) is 0 Å². The Hall–Kier alpha value is -5.33. The lowest BCUT2D eigenvalue weighted by Crippen LogP contribution is -2.47. The average Bonchev–Trinajstić information content (AvgIpc) is 3.48. The number of nitrogens with one attached hydrogen (secondary N) is 2. The van der Waals surface area contributed by atoms with Crippen LogP contribution in [-0.2, 0) is 23.1 Å². The molecule has 7 rings (SSSR count). The molecule has 1 fully saturated rings. The van der Waals surface area contributed by atoms with Gasteiger partial charge in [0.1, 0.15) is 11.3 Å². The van der Waals surface area contributed by atoms with E-state index in [2.05, 4.69) is 20.6 Å². The van der Waals surface area contributed by atoms with Crippen LogP contribution in [0, 0.1) is 12.7 Å². The van der Waals surface area contributed by atoms with Crippen LogP contribution in [0.1, 0.15) is 29.5 Å². The first kappa shape index (κ1) is 32.2. The fourth-order valence-corrected chi connectivity index (χ4v) is 7.85. The predicted molar refractivity (Wildman–Crippen MR) is 188 cm³/mol. The number of rotatable bonds is 9. The van der Waals surface area contributed by atoms with Gasteiger partial charge in [-0.15, -0.1) is 0 Å². The molecule has 1 atom stereocenters. The van der Waals surface area contributed by atoms with Crippen molar-refractivity contribution in [1.82, 2.24) is 24.6 Å². The third kappa shape index (κ3) is 6.57. The summed E-state index contributed by atoms with van der Waals surface area (Å²) >= 11 is 0. The van der Waals surface area contributed by atoms with Crippen LogP contribution in [0.3, 0.4) is 0 Å². The fraction of sp³-hybridized carbons (Fsp3) is 0.216. The minimum absolute atomic E-state index is 0.114. The number of amides is 1. The van der Waals surface area contributed by atoms with E-state index in [9.17, 15) is 18.3 Å². The summed E-state index contributed by atoms with van der Waals surface area (Å²) in [5.41, 5.74) is 4.99. The first-order valence-electron chi connectivity index (χ1n) is 16.1. The van der Waals surface area contributed by atoms with Crippen LogP contribution in [-0.4, -0.2) is 52.7 Å². The molecule has 0 radical (unpaired) electrons. The topological polar surface area (TPSA) is 129 Å². The normalized spacial score (nSPS) is 15.1. The van der Waals surface area contributed by atoms with Gasteiger partial charge in [-0.1, -0.05) is 48.0 Å². The van der Waals surface area contributed by atoms with Gasteiger partial charge in [0, 0.05) is 72.8 Å². The summed E-state index contributed by atoms with van der Waals surface area (Å²) in [6.45, 7) is 4.10. The number of carbonyl (C=O) groups is 1. The van der Waals surface area contributed by atoms with Gasteiger partial charge in [0.2, 0.25) is 0 Å². The second kappa shape index (κ2) is 13.3. The highest BCUT2D eigenvalue weighted by Gasteiger charge is 2.26. The number of hydrogen-bond acceptors (Lipinski definition) is 7. The molecule has 49 heavy (non-hydrogen) atoms. The molecule has 1 amide bonds. The Labute approximate surface area is 283 Å². The van der Waals surface area contributed by atoms with E-state index in [1.54, 1.807) is 42.7 Å². The van der Waals surface area contributed by atoms with Crippen molar-refractivity contribution < 1.29 is 22.7 Å². The molecular weight excluding hydrogens is 644 g/mol. The molecular formula is C37H35FN6O4S. The van der Waals surface area contributed by atoms with Gasteiger partial charge >= 0.3 is 6.09 Å². The number of aromatic nitrogens is 3. The number of hydrogen-bond donors (Lipinski definition) is 3. The molecule has 1 saturated heterocycles.